The molecule has 0 radical (unpaired) electrons. The zero-order valence-electron chi connectivity index (χ0n) is 11.5. The van der Waals surface area contributed by atoms with E-state index >= 15 is 0 Å². The first kappa shape index (κ1) is 14.1. The van der Waals surface area contributed by atoms with E-state index in [1.54, 1.807) is 13.4 Å². The number of rotatable bonds is 4. The van der Waals surface area contributed by atoms with E-state index in [1.807, 2.05) is 36.4 Å². The molecule has 106 valence electrons. The molecule has 0 aliphatic rings. The predicted octanol–water partition coefficient (Wildman–Crippen LogP) is 3.86. The van der Waals surface area contributed by atoms with Gasteiger partial charge in [-0.25, -0.2) is 9.97 Å². The monoisotopic (exact) mass is 391 g/mol. The van der Waals surface area contributed by atoms with Gasteiger partial charge in [0.15, 0.2) is 0 Å². The van der Waals surface area contributed by atoms with Crippen molar-refractivity contribution in [1.29, 1.82) is 0 Å². The van der Waals surface area contributed by atoms with Gasteiger partial charge in [0, 0.05) is 15.7 Å². The maximum absolute atomic E-state index is 5.37. The fraction of sp³-hybridized carbons (Fsp3) is 0.125. The van der Waals surface area contributed by atoms with Crippen molar-refractivity contribution >= 4 is 39.3 Å². The van der Waals surface area contributed by atoms with Crippen molar-refractivity contribution in [2.45, 2.75) is 6.54 Å². The molecule has 0 unspecified atom stereocenters. The molecule has 0 aliphatic carbocycles. The molecule has 0 spiro atoms. The van der Waals surface area contributed by atoms with Gasteiger partial charge in [-0.15, -0.1) is 0 Å². The van der Waals surface area contributed by atoms with Crippen molar-refractivity contribution in [3.05, 3.63) is 57.9 Å². The smallest absolute Gasteiger partial charge is 0.138 e. The molecular weight excluding hydrogens is 377 g/mol. The lowest BCUT2D eigenvalue weighted by molar-refractivity contribution is 0.410. The van der Waals surface area contributed by atoms with Crippen molar-refractivity contribution in [3.8, 4) is 5.75 Å². The van der Waals surface area contributed by atoms with Crippen molar-refractivity contribution in [2.75, 3.05) is 12.4 Å². The van der Waals surface area contributed by atoms with Gasteiger partial charge in [0.1, 0.15) is 17.9 Å². The van der Waals surface area contributed by atoms with Crippen LogP contribution in [0.2, 0.25) is 0 Å². The average Bonchev–Trinajstić information content (AvgIpc) is 2.53. The molecule has 0 atom stereocenters. The van der Waals surface area contributed by atoms with Crippen LogP contribution in [0.25, 0.3) is 10.9 Å². The highest BCUT2D eigenvalue weighted by atomic mass is 127. The van der Waals surface area contributed by atoms with Gasteiger partial charge in [0.05, 0.1) is 18.0 Å². The van der Waals surface area contributed by atoms with Gasteiger partial charge in [-0.1, -0.05) is 24.3 Å². The molecule has 0 saturated carbocycles. The lowest BCUT2D eigenvalue weighted by Crippen LogP contribution is -2.04. The zero-order valence-corrected chi connectivity index (χ0v) is 13.7. The number of fused-ring (bicyclic) bond motifs is 1. The molecule has 4 nitrogen and oxygen atoms in total. The SMILES string of the molecule is COc1ccccc1CNc1ncnc2cccc(I)c12. The molecule has 1 N–H and O–H groups in total. The molecule has 0 fully saturated rings. The standard InChI is InChI=1S/C16H14IN3O/c1-21-14-8-3-2-5-11(14)9-18-16-15-12(17)6-4-7-13(15)19-10-20-16/h2-8,10H,9H2,1H3,(H,18,19,20). The second-order valence-electron chi connectivity index (χ2n) is 4.52. The van der Waals surface area contributed by atoms with Crippen LogP contribution in [0.4, 0.5) is 5.82 Å². The van der Waals surface area contributed by atoms with Crippen LogP contribution < -0.4 is 10.1 Å². The highest BCUT2D eigenvalue weighted by molar-refractivity contribution is 14.1. The lowest BCUT2D eigenvalue weighted by atomic mass is 10.2. The van der Waals surface area contributed by atoms with Crippen molar-refractivity contribution in [2.24, 2.45) is 0 Å². The van der Waals surface area contributed by atoms with Crippen LogP contribution in [-0.4, -0.2) is 17.1 Å². The van der Waals surface area contributed by atoms with Gasteiger partial charge >= 0.3 is 0 Å². The van der Waals surface area contributed by atoms with Crippen LogP contribution in [-0.2, 0) is 6.54 Å². The largest absolute Gasteiger partial charge is 0.496 e. The number of benzene rings is 2. The number of anilines is 1. The van der Waals surface area contributed by atoms with E-state index in [4.69, 9.17) is 4.74 Å². The normalized spacial score (nSPS) is 10.6. The Kier molecular flexibility index (Phi) is 4.19. The summed E-state index contributed by atoms with van der Waals surface area (Å²) in [5, 5.41) is 4.43. The number of hydrogen-bond acceptors (Lipinski definition) is 4. The van der Waals surface area contributed by atoms with Crippen LogP contribution in [0.1, 0.15) is 5.56 Å². The molecule has 21 heavy (non-hydrogen) atoms. The minimum atomic E-state index is 0.654. The fourth-order valence-corrected chi connectivity index (χ4v) is 2.97. The summed E-state index contributed by atoms with van der Waals surface area (Å²) in [7, 11) is 1.68. The van der Waals surface area contributed by atoms with E-state index in [9.17, 15) is 0 Å². The third-order valence-corrected chi connectivity index (χ3v) is 4.15. The maximum Gasteiger partial charge on any atom is 0.138 e. The van der Waals surface area contributed by atoms with E-state index in [1.165, 1.54) is 0 Å². The van der Waals surface area contributed by atoms with Crippen LogP contribution in [0.15, 0.2) is 48.8 Å². The van der Waals surface area contributed by atoms with Crippen LogP contribution >= 0.6 is 22.6 Å². The summed E-state index contributed by atoms with van der Waals surface area (Å²) < 4.78 is 6.50. The first-order valence-electron chi connectivity index (χ1n) is 6.54. The first-order valence-corrected chi connectivity index (χ1v) is 7.62. The molecule has 0 amide bonds. The summed E-state index contributed by atoms with van der Waals surface area (Å²) in [6.07, 6.45) is 1.59. The van der Waals surface area contributed by atoms with E-state index < -0.39 is 0 Å². The second-order valence-corrected chi connectivity index (χ2v) is 5.68. The topological polar surface area (TPSA) is 47.0 Å². The van der Waals surface area contributed by atoms with E-state index in [-0.39, 0.29) is 0 Å². The molecule has 3 rings (SSSR count). The number of nitrogens with zero attached hydrogens (tertiary/aromatic N) is 2. The van der Waals surface area contributed by atoms with Gasteiger partial charge < -0.3 is 10.1 Å². The quantitative estimate of drug-likeness (QED) is 0.687. The zero-order chi connectivity index (χ0) is 14.7. The summed E-state index contributed by atoms with van der Waals surface area (Å²) in [6, 6.07) is 14.0. The predicted molar refractivity (Wildman–Crippen MR) is 92.6 cm³/mol. The van der Waals surface area contributed by atoms with Gasteiger partial charge in [-0.05, 0) is 40.8 Å². The fourth-order valence-electron chi connectivity index (χ4n) is 2.23. The minimum absolute atomic E-state index is 0.654. The third kappa shape index (κ3) is 2.92. The van der Waals surface area contributed by atoms with Crippen molar-refractivity contribution < 1.29 is 4.74 Å². The Bertz CT molecular complexity index is 771. The minimum Gasteiger partial charge on any atom is -0.496 e. The summed E-state index contributed by atoms with van der Waals surface area (Å²) in [5.41, 5.74) is 2.04. The van der Waals surface area contributed by atoms with E-state index in [0.717, 1.165) is 31.6 Å². The number of aromatic nitrogens is 2. The highest BCUT2D eigenvalue weighted by Gasteiger charge is 2.08. The molecule has 5 heteroatoms. The maximum atomic E-state index is 5.37. The van der Waals surface area contributed by atoms with Crippen molar-refractivity contribution in [1.82, 2.24) is 9.97 Å². The number of ether oxygens (including phenoxy) is 1. The molecule has 3 aromatic rings. The number of nitrogens with one attached hydrogen (secondary N) is 1. The van der Waals surface area contributed by atoms with E-state index in [2.05, 4.69) is 43.9 Å². The average molecular weight is 391 g/mol. The Labute approximate surface area is 136 Å². The molecule has 0 bridgehead atoms. The Hall–Kier alpha value is -1.89. The molecule has 2 aromatic carbocycles. The van der Waals surface area contributed by atoms with Crippen LogP contribution in [0.5, 0.6) is 5.75 Å². The van der Waals surface area contributed by atoms with Crippen LogP contribution in [0.3, 0.4) is 0 Å². The Morgan fingerprint density at radius 1 is 1.10 bits per heavy atom. The van der Waals surface area contributed by atoms with Gasteiger partial charge in [-0.3, -0.25) is 0 Å². The Morgan fingerprint density at radius 3 is 2.81 bits per heavy atom. The highest BCUT2D eigenvalue weighted by Crippen LogP contribution is 2.26. The summed E-state index contributed by atoms with van der Waals surface area (Å²) in [4.78, 5) is 8.68. The number of halogens is 1. The van der Waals surface area contributed by atoms with Gasteiger partial charge in [0.2, 0.25) is 0 Å². The Morgan fingerprint density at radius 2 is 1.95 bits per heavy atom. The molecule has 0 aliphatic heterocycles. The first-order chi connectivity index (χ1) is 10.3. The van der Waals surface area contributed by atoms with Gasteiger partial charge in [-0.2, -0.15) is 0 Å². The summed E-state index contributed by atoms with van der Waals surface area (Å²) in [6.45, 7) is 0.654. The lowest BCUT2D eigenvalue weighted by Gasteiger charge is -2.11. The molecular formula is C16H14IN3O. The molecule has 1 heterocycles. The number of hydrogen-bond donors (Lipinski definition) is 1. The van der Waals surface area contributed by atoms with E-state index in [0.29, 0.717) is 6.54 Å². The van der Waals surface area contributed by atoms with Crippen LogP contribution in [0, 0.1) is 3.57 Å². The van der Waals surface area contributed by atoms with Crippen molar-refractivity contribution in [3.63, 3.8) is 0 Å². The number of para-hydroxylation sites is 1. The molecule has 1 aromatic heterocycles. The Balaban J connectivity index is 1.92. The van der Waals surface area contributed by atoms with Gasteiger partial charge in [0.25, 0.3) is 0 Å². The summed E-state index contributed by atoms with van der Waals surface area (Å²) >= 11 is 2.31. The molecule has 0 saturated heterocycles. The summed E-state index contributed by atoms with van der Waals surface area (Å²) in [5.74, 6) is 1.72. The second kappa shape index (κ2) is 6.26. The third-order valence-electron chi connectivity index (χ3n) is 3.25. The number of methoxy groups -OCH3 is 1.